The van der Waals surface area contributed by atoms with Gasteiger partial charge < -0.3 is 19.8 Å². The average Bonchev–Trinajstić information content (AvgIpc) is 2.86. The molecule has 0 radical (unpaired) electrons. The first kappa shape index (κ1) is 16.0. The number of nitrogens with zero attached hydrogens (tertiary/aromatic N) is 3. The van der Waals surface area contributed by atoms with E-state index >= 15 is 0 Å². The van der Waals surface area contributed by atoms with Crippen LogP contribution in [0.5, 0.6) is 0 Å². The van der Waals surface area contributed by atoms with Gasteiger partial charge in [0.25, 0.3) is 0 Å². The molecule has 118 valence electrons. The summed E-state index contributed by atoms with van der Waals surface area (Å²) in [5.41, 5.74) is -0.831. The van der Waals surface area contributed by atoms with Crippen molar-refractivity contribution >= 4 is 5.82 Å². The standard InChI is InChI=1S/C13H12F3N3O3/c14-13(15,16)11-4-2-1-3-9(11)5-10(20)6-18-7-12(17-8-18)19(21)22/h1-4,7-8,10,20H,5-6H2. The van der Waals surface area contributed by atoms with Crippen LogP contribution >= 0.6 is 0 Å². The van der Waals surface area contributed by atoms with Crippen molar-refractivity contribution in [1.82, 2.24) is 9.55 Å². The maximum absolute atomic E-state index is 12.8. The van der Waals surface area contributed by atoms with Crippen LogP contribution in [0.4, 0.5) is 19.0 Å². The quantitative estimate of drug-likeness (QED) is 0.678. The highest BCUT2D eigenvalue weighted by Crippen LogP contribution is 2.32. The van der Waals surface area contributed by atoms with Crippen molar-refractivity contribution in [3.63, 3.8) is 0 Å². The minimum Gasteiger partial charge on any atom is -0.391 e. The molecule has 2 rings (SSSR count). The maximum atomic E-state index is 12.8. The number of benzene rings is 1. The third-order valence-electron chi connectivity index (χ3n) is 3.01. The van der Waals surface area contributed by atoms with Crippen molar-refractivity contribution in [2.75, 3.05) is 0 Å². The Balaban J connectivity index is 2.09. The number of aliphatic hydroxyl groups is 1. The number of aromatic nitrogens is 2. The van der Waals surface area contributed by atoms with E-state index < -0.39 is 22.8 Å². The predicted molar refractivity (Wildman–Crippen MR) is 70.0 cm³/mol. The van der Waals surface area contributed by atoms with Gasteiger partial charge in [-0.2, -0.15) is 13.2 Å². The highest BCUT2D eigenvalue weighted by molar-refractivity contribution is 5.30. The van der Waals surface area contributed by atoms with Gasteiger partial charge in [-0.15, -0.1) is 0 Å². The van der Waals surface area contributed by atoms with E-state index in [9.17, 15) is 28.4 Å². The number of aliphatic hydroxyl groups excluding tert-OH is 1. The number of nitro groups is 1. The van der Waals surface area contributed by atoms with Gasteiger partial charge in [0, 0.05) is 6.42 Å². The van der Waals surface area contributed by atoms with Crippen LogP contribution in [0.2, 0.25) is 0 Å². The summed E-state index contributed by atoms with van der Waals surface area (Å²) in [5.74, 6) is -0.386. The van der Waals surface area contributed by atoms with Crippen molar-refractivity contribution < 1.29 is 23.2 Å². The lowest BCUT2D eigenvalue weighted by Gasteiger charge is -2.15. The molecule has 6 nitrogen and oxygen atoms in total. The van der Waals surface area contributed by atoms with Gasteiger partial charge in [0.15, 0.2) is 0 Å². The van der Waals surface area contributed by atoms with E-state index in [0.717, 1.165) is 18.6 Å². The van der Waals surface area contributed by atoms with E-state index in [-0.39, 0.29) is 24.3 Å². The van der Waals surface area contributed by atoms with Crippen LogP contribution in [0.15, 0.2) is 36.8 Å². The van der Waals surface area contributed by atoms with Crippen molar-refractivity contribution in [2.45, 2.75) is 25.2 Å². The lowest BCUT2D eigenvalue weighted by Crippen LogP contribution is -2.20. The van der Waals surface area contributed by atoms with E-state index in [1.807, 2.05) is 0 Å². The molecular formula is C13H12F3N3O3. The fraction of sp³-hybridized carbons (Fsp3) is 0.308. The summed E-state index contributed by atoms with van der Waals surface area (Å²) in [5, 5.41) is 20.4. The molecule has 0 spiro atoms. The van der Waals surface area contributed by atoms with Gasteiger partial charge in [-0.1, -0.05) is 18.2 Å². The van der Waals surface area contributed by atoms with Gasteiger partial charge in [-0.05, 0) is 21.5 Å². The Morgan fingerprint density at radius 2 is 2.05 bits per heavy atom. The number of alkyl halides is 3. The average molecular weight is 315 g/mol. The number of rotatable bonds is 5. The third kappa shape index (κ3) is 3.82. The lowest BCUT2D eigenvalue weighted by molar-refractivity contribution is -0.389. The lowest BCUT2D eigenvalue weighted by atomic mass is 10.0. The molecule has 1 atom stereocenters. The monoisotopic (exact) mass is 315 g/mol. The molecule has 1 unspecified atom stereocenters. The Bertz CT molecular complexity index is 670. The molecule has 1 N–H and O–H groups in total. The van der Waals surface area contributed by atoms with Gasteiger partial charge in [-0.25, -0.2) is 0 Å². The minimum atomic E-state index is -4.50. The first-order valence-electron chi connectivity index (χ1n) is 6.26. The highest BCUT2D eigenvalue weighted by Gasteiger charge is 2.33. The van der Waals surface area contributed by atoms with E-state index in [4.69, 9.17) is 0 Å². The molecule has 1 aromatic carbocycles. The minimum absolute atomic E-state index is 0.0304. The van der Waals surface area contributed by atoms with Crippen LogP contribution < -0.4 is 0 Å². The Kier molecular flexibility index (Phi) is 4.45. The van der Waals surface area contributed by atoms with Crippen LogP contribution in [0.1, 0.15) is 11.1 Å². The third-order valence-corrected chi connectivity index (χ3v) is 3.01. The molecule has 0 saturated carbocycles. The Labute approximate surface area is 123 Å². The Hall–Kier alpha value is -2.42. The molecule has 2 aromatic rings. The molecule has 0 saturated heterocycles. The summed E-state index contributed by atoms with van der Waals surface area (Å²) < 4.78 is 39.8. The second-order valence-electron chi connectivity index (χ2n) is 4.70. The number of halogens is 3. The number of hydrogen-bond acceptors (Lipinski definition) is 4. The molecule has 0 aliphatic carbocycles. The Morgan fingerprint density at radius 1 is 1.36 bits per heavy atom. The first-order chi connectivity index (χ1) is 10.3. The fourth-order valence-electron chi connectivity index (χ4n) is 2.08. The Morgan fingerprint density at radius 3 is 2.64 bits per heavy atom. The van der Waals surface area contributed by atoms with Crippen LogP contribution in [-0.2, 0) is 19.1 Å². The molecule has 1 aromatic heterocycles. The summed E-state index contributed by atoms with van der Waals surface area (Å²) in [6.07, 6.45) is -3.58. The SMILES string of the molecule is O=[N+]([O-])c1cn(CC(O)Cc2ccccc2C(F)(F)F)cn1. The van der Waals surface area contributed by atoms with E-state index in [0.29, 0.717) is 0 Å². The first-order valence-corrected chi connectivity index (χ1v) is 6.26. The van der Waals surface area contributed by atoms with Crippen LogP contribution in [0.3, 0.4) is 0 Å². The summed E-state index contributed by atoms with van der Waals surface area (Å²) >= 11 is 0. The van der Waals surface area contributed by atoms with Gasteiger partial charge in [0.2, 0.25) is 6.33 Å². The highest BCUT2D eigenvalue weighted by atomic mass is 19.4. The van der Waals surface area contributed by atoms with Gasteiger partial charge in [0.05, 0.1) is 18.2 Å². The zero-order chi connectivity index (χ0) is 16.3. The van der Waals surface area contributed by atoms with E-state index in [1.54, 1.807) is 0 Å². The molecule has 0 amide bonds. The van der Waals surface area contributed by atoms with Crippen molar-refractivity contribution in [1.29, 1.82) is 0 Å². The fourth-order valence-corrected chi connectivity index (χ4v) is 2.08. The summed E-state index contributed by atoms with van der Waals surface area (Å²) in [6.45, 7) is -0.0902. The zero-order valence-electron chi connectivity index (χ0n) is 11.2. The van der Waals surface area contributed by atoms with Crippen molar-refractivity contribution in [3.05, 3.63) is 58.0 Å². The topological polar surface area (TPSA) is 81.2 Å². The number of hydrogen-bond donors (Lipinski definition) is 1. The van der Waals surface area contributed by atoms with Crippen molar-refractivity contribution in [3.8, 4) is 0 Å². The van der Waals surface area contributed by atoms with E-state index in [1.165, 1.54) is 22.8 Å². The largest absolute Gasteiger partial charge is 0.416 e. The van der Waals surface area contributed by atoms with Gasteiger partial charge in [0.1, 0.15) is 6.20 Å². The summed E-state index contributed by atoms with van der Waals surface area (Å²) in [6, 6.07) is 4.98. The van der Waals surface area contributed by atoms with Gasteiger partial charge >= 0.3 is 12.0 Å². The molecule has 1 heterocycles. The molecule has 0 fully saturated rings. The second kappa shape index (κ2) is 6.14. The molecule has 0 aliphatic heterocycles. The zero-order valence-corrected chi connectivity index (χ0v) is 11.2. The molecule has 0 bridgehead atoms. The van der Waals surface area contributed by atoms with Crippen LogP contribution in [0.25, 0.3) is 0 Å². The molecule has 22 heavy (non-hydrogen) atoms. The second-order valence-corrected chi connectivity index (χ2v) is 4.70. The van der Waals surface area contributed by atoms with Crippen LogP contribution in [-0.4, -0.2) is 25.7 Å². The predicted octanol–water partition coefficient (Wildman–Crippen LogP) is 2.41. The van der Waals surface area contributed by atoms with Gasteiger partial charge in [-0.3, -0.25) is 0 Å². The number of imidazole rings is 1. The van der Waals surface area contributed by atoms with Crippen LogP contribution in [0, 0.1) is 10.1 Å². The summed E-state index contributed by atoms with van der Waals surface area (Å²) in [7, 11) is 0. The molecular weight excluding hydrogens is 303 g/mol. The molecule has 0 aliphatic rings. The molecule has 9 heteroatoms. The maximum Gasteiger partial charge on any atom is 0.416 e. The smallest absolute Gasteiger partial charge is 0.391 e. The normalized spacial score (nSPS) is 13.1. The van der Waals surface area contributed by atoms with Crippen molar-refractivity contribution in [2.24, 2.45) is 0 Å². The summed E-state index contributed by atoms with van der Waals surface area (Å²) in [4.78, 5) is 13.3. The van der Waals surface area contributed by atoms with E-state index in [2.05, 4.69) is 4.98 Å².